The van der Waals surface area contributed by atoms with Crippen LogP contribution >= 0.6 is 0 Å². The van der Waals surface area contributed by atoms with Crippen LogP contribution in [-0.4, -0.2) is 47.5 Å². The van der Waals surface area contributed by atoms with Gasteiger partial charge in [-0.3, -0.25) is 4.79 Å². The first-order valence-corrected chi connectivity index (χ1v) is 10.6. The molecule has 1 aromatic heterocycles. The van der Waals surface area contributed by atoms with Crippen molar-refractivity contribution in [1.29, 1.82) is 0 Å². The third-order valence-electron chi connectivity index (χ3n) is 5.80. The molecule has 0 aliphatic carbocycles. The Morgan fingerprint density at radius 3 is 2.42 bits per heavy atom. The molecule has 0 saturated carbocycles. The van der Waals surface area contributed by atoms with Gasteiger partial charge in [0.05, 0.1) is 19.3 Å². The number of aromatic nitrogens is 2. The highest BCUT2D eigenvalue weighted by Gasteiger charge is 2.28. The first-order valence-electron chi connectivity index (χ1n) is 10.6. The third kappa shape index (κ3) is 4.24. The monoisotopic (exact) mass is 416 g/mol. The normalized spacial score (nSPS) is 13.1. The van der Waals surface area contributed by atoms with Crippen molar-refractivity contribution in [2.45, 2.75) is 32.9 Å². The molecule has 0 bridgehead atoms. The Hall–Kier alpha value is -3.41. The van der Waals surface area contributed by atoms with E-state index < -0.39 is 0 Å². The van der Waals surface area contributed by atoms with Gasteiger partial charge in [-0.2, -0.15) is 0 Å². The summed E-state index contributed by atoms with van der Waals surface area (Å²) in [5, 5.41) is 0. The van der Waals surface area contributed by atoms with Gasteiger partial charge in [-0.05, 0) is 38.1 Å². The molecule has 4 rings (SSSR count). The van der Waals surface area contributed by atoms with E-state index in [4.69, 9.17) is 14.7 Å². The zero-order valence-electron chi connectivity index (χ0n) is 18.5. The van der Waals surface area contributed by atoms with Crippen LogP contribution in [0.15, 0.2) is 54.6 Å². The number of rotatable bonds is 5. The van der Waals surface area contributed by atoms with E-state index in [2.05, 4.69) is 18.7 Å². The number of benzene rings is 2. The summed E-state index contributed by atoms with van der Waals surface area (Å²) in [6, 6.07) is 17.6. The second-order valence-corrected chi connectivity index (χ2v) is 8.07. The van der Waals surface area contributed by atoms with Gasteiger partial charge in [-0.15, -0.1) is 0 Å². The maximum Gasteiger partial charge on any atom is 0.254 e. The van der Waals surface area contributed by atoms with Gasteiger partial charge in [0.15, 0.2) is 5.82 Å². The molecule has 160 valence electrons. The van der Waals surface area contributed by atoms with E-state index in [1.54, 1.807) is 7.11 Å². The van der Waals surface area contributed by atoms with Gasteiger partial charge in [-0.1, -0.05) is 30.3 Å². The smallest absolute Gasteiger partial charge is 0.254 e. The van der Waals surface area contributed by atoms with Crippen molar-refractivity contribution in [2.75, 3.05) is 25.6 Å². The first-order chi connectivity index (χ1) is 15.0. The molecule has 31 heavy (non-hydrogen) atoms. The first kappa shape index (κ1) is 20.8. The standard InChI is InChI=1S/C25H28N4O2/c1-17(2)28(3)24-21-16-29(25(30)19-10-12-20(31-4)13-11-19)15-14-22(21)26-23(27-24)18-8-6-5-7-9-18/h5-13,17H,14-16H2,1-4H3. The van der Waals surface area contributed by atoms with E-state index in [-0.39, 0.29) is 11.9 Å². The topological polar surface area (TPSA) is 58.6 Å². The number of carbonyl (C=O) groups is 1. The van der Waals surface area contributed by atoms with Crippen molar-refractivity contribution in [1.82, 2.24) is 14.9 Å². The quantitative estimate of drug-likeness (QED) is 0.624. The summed E-state index contributed by atoms with van der Waals surface area (Å²) >= 11 is 0. The summed E-state index contributed by atoms with van der Waals surface area (Å²) in [6.07, 6.45) is 0.707. The van der Waals surface area contributed by atoms with E-state index in [1.165, 1.54) is 0 Å². The molecule has 1 aliphatic heterocycles. The zero-order chi connectivity index (χ0) is 22.0. The molecular weight excluding hydrogens is 388 g/mol. The minimum Gasteiger partial charge on any atom is -0.497 e. The number of ether oxygens (including phenoxy) is 1. The molecule has 3 aromatic rings. The summed E-state index contributed by atoms with van der Waals surface area (Å²) in [4.78, 5) is 27.0. The lowest BCUT2D eigenvalue weighted by Gasteiger charge is -2.33. The SMILES string of the molecule is COc1ccc(C(=O)N2CCc3nc(-c4ccccc4)nc(N(C)C(C)C)c3C2)cc1. The van der Waals surface area contributed by atoms with Gasteiger partial charge in [0.1, 0.15) is 11.6 Å². The number of amides is 1. The van der Waals surface area contributed by atoms with E-state index in [0.717, 1.165) is 34.2 Å². The van der Waals surface area contributed by atoms with Crippen molar-refractivity contribution in [2.24, 2.45) is 0 Å². The molecule has 0 spiro atoms. The average molecular weight is 417 g/mol. The molecule has 6 heteroatoms. The van der Waals surface area contributed by atoms with Crippen LogP contribution in [0, 0.1) is 0 Å². The number of methoxy groups -OCH3 is 1. The van der Waals surface area contributed by atoms with Gasteiger partial charge in [0.25, 0.3) is 5.91 Å². The van der Waals surface area contributed by atoms with Crippen LogP contribution < -0.4 is 9.64 Å². The molecule has 0 radical (unpaired) electrons. The molecule has 2 aromatic carbocycles. The lowest BCUT2D eigenvalue weighted by Crippen LogP contribution is -2.38. The summed E-state index contributed by atoms with van der Waals surface area (Å²) < 4.78 is 5.21. The largest absolute Gasteiger partial charge is 0.497 e. The zero-order valence-corrected chi connectivity index (χ0v) is 18.5. The summed E-state index contributed by atoms with van der Waals surface area (Å²) in [6.45, 7) is 5.41. The summed E-state index contributed by atoms with van der Waals surface area (Å²) in [5.41, 5.74) is 3.71. The maximum absolute atomic E-state index is 13.1. The van der Waals surface area contributed by atoms with Crippen LogP contribution in [0.3, 0.4) is 0 Å². The highest BCUT2D eigenvalue weighted by molar-refractivity contribution is 5.94. The Morgan fingerprint density at radius 2 is 1.77 bits per heavy atom. The fourth-order valence-corrected chi connectivity index (χ4v) is 3.74. The van der Waals surface area contributed by atoms with Crippen molar-refractivity contribution in [3.8, 4) is 17.1 Å². The van der Waals surface area contributed by atoms with Crippen LogP contribution in [0.4, 0.5) is 5.82 Å². The number of anilines is 1. The number of carbonyl (C=O) groups excluding carboxylic acids is 1. The van der Waals surface area contributed by atoms with E-state index in [0.29, 0.717) is 25.1 Å². The van der Waals surface area contributed by atoms with E-state index >= 15 is 0 Å². The summed E-state index contributed by atoms with van der Waals surface area (Å²) in [5.74, 6) is 2.38. The van der Waals surface area contributed by atoms with Crippen molar-refractivity contribution in [3.05, 3.63) is 71.4 Å². The summed E-state index contributed by atoms with van der Waals surface area (Å²) in [7, 11) is 3.67. The highest BCUT2D eigenvalue weighted by Crippen LogP contribution is 2.30. The van der Waals surface area contributed by atoms with Crippen LogP contribution in [0.5, 0.6) is 5.75 Å². The van der Waals surface area contributed by atoms with Crippen LogP contribution in [0.2, 0.25) is 0 Å². The molecule has 1 amide bonds. The second kappa shape index (κ2) is 8.76. The number of hydrogen-bond donors (Lipinski definition) is 0. The molecule has 0 atom stereocenters. The van der Waals surface area contributed by atoms with E-state index in [9.17, 15) is 4.79 Å². The molecule has 0 fully saturated rings. The van der Waals surface area contributed by atoms with Gasteiger partial charge in [0, 0.05) is 42.7 Å². The Labute approximate surface area is 183 Å². The molecule has 6 nitrogen and oxygen atoms in total. The Bertz CT molecular complexity index is 1060. The Kier molecular flexibility index (Phi) is 5.89. The minimum absolute atomic E-state index is 0.0126. The minimum atomic E-state index is 0.0126. The average Bonchev–Trinajstić information content (AvgIpc) is 2.82. The van der Waals surface area contributed by atoms with Crippen molar-refractivity contribution < 1.29 is 9.53 Å². The van der Waals surface area contributed by atoms with Gasteiger partial charge >= 0.3 is 0 Å². The molecule has 0 N–H and O–H groups in total. The fraction of sp³-hybridized carbons (Fsp3) is 0.320. The van der Waals surface area contributed by atoms with Crippen LogP contribution in [0.1, 0.15) is 35.5 Å². The number of nitrogens with zero attached hydrogens (tertiary/aromatic N) is 4. The molecule has 0 saturated heterocycles. The highest BCUT2D eigenvalue weighted by atomic mass is 16.5. The van der Waals surface area contributed by atoms with Crippen molar-refractivity contribution in [3.63, 3.8) is 0 Å². The third-order valence-corrected chi connectivity index (χ3v) is 5.80. The lowest BCUT2D eigenvalue weighted by molar-refractivity contribution is 0.0733. The Morgan fingerprint density at radius 1 is 1.06 bits per heavy atom. The predicted octanol–water partition coefficient (Wildman–Crippen LogP) is 4.20. The lowest BCUT2D eigenvalue weighted by atomic mass is 10.0. The van der Waals surface area contributed by atoms with Gasteiger partial charge in [-0.25, -0.2) is 9.97 Å². The number of hydrogen-bond acceptors (Lipinski definition) is 5. The fourth-order valence-electron chi connectivity index (χ4n) is 3.74. The van der Waals surface area contributed by atoms with Gasteiger partial charge < -0.3 is 14.5 Å². The number of fused-ring (bicyclic) bond motifs is 1. The van der Waals surface area contributed by atoms with Crippen LogP contribution in [-0.2, 0) is 13.0 Å². The maximum atomic E-state index is 13.1. The molecule has 2 heterocycles. The van der Waals surface area contributed by atoms with E-state index in [1.807, 2.05) is 66.5 Å². The van der Waals surface area contributed by atoms with Crippen LogP contribution in [0.25, 0.3) is 11.4 Å². The predicted molar refractivity (Wildman–Crippen MR) is 122 cm³/mol. The van der Waals surface area contributed by atoms with Gasteiger partial charge in [0.2, 0.25) is 0 Å². The molecular formula is C25H28N4O2. The molecule has 0 unspecified atom stereocenters. The van der Waals surface area contributed by atoms with Crippen molar-refractivity contribution >= 4 is 11.7 Å². The molecule has 1 aliphatic rings. The Balaban J connectivity index is 1.69. The second-order valence-electron chi connectivity index (χ2n) is 8.07.